The van der Waals surface area contributed by atoms with Crippen LogP contribution in [0.1, 0.15) is 6.92 Å². The van der Waals surface area contributed by atoms with Gasteiger partial charge in [0.15, 0.2) is 11.9 Å². The van der Waals surface area contributed by atoms with Gasteiger partial charge in [-0.2, -0.15) is 0 Å². The van der Waals surface area contributed by atoms with E-state index in [1.165, 1.54) is 0 Å². The van der Waals surface area contributed by atoms with Crippen molar-refractivity contribution in [3.63, 3.8) is 0 Å². The first-order chi connectivity index (χ1) is 10.5. The molecule has 5 nitrogen and oxygen atoms in total. The Morgan fingerprint density at radius 1 is 0.864 bits per heavy atom. The molecule has 2 unspecified atom stereocenters. The van der Waals surface area contributed by atoms with Gasteiger partial charge in [-0.15, -0.1) is 0 Å². The van der Waals surface area contributed by atoms with Gasteiger partial charge < -0.3 is 15.5 Å². The average molecular weight is 299 g/mol. The predicted molar refractivity (Wildman–Crippen MR) is 83.2 cm³/mol. The van der Waals surface area contributed by atoms with Crippen molar-refractivity contribution in [3.8, 4) is 11.1 Å². The molecule has 3 N–H and O–H groups in total. The normalized spacial score (nSPS) is 13.2. The van der Waals surface area contributed by atoms with E-state index in [1.807, 2.05) is 42.5 Å². The fourth-order valence-corrected chi connectivity index (χ4v) is 1.96. The Morgan fingerprint density at radius 3 is 1.95 bits per heavy atom. The summed E-state index contributed by atoms with van der Waals surface area (Å²) in [6, 6.07) is 16.8. The molecule has 0 fully saturated rings. The second-order valence-corrected chi connectivity index (χ2v) is 4.93. The lowest BCUT2D eigenvalue weighted by atomic mass is 10.1. The molecule has 2 aromatic rings. The van der Waals surface area contributed by atoms with Gasteiger partial charge in [0.25, 0.3) is 5.91 Å². The van der Waals surface area contributed by atoms with Crippen molar-refractivity contribution >= 4 is 17.4 Å². The van der Waals surface area contributed by atoms with Crippen LogP contribution in [0.15, 0.2) is 54.6 Å². The Hall–Kier alpha value is -2.50. The number of rotatable bonds is 5. The van der Waals surface area contributed by atoms with Gasteiger partial charge in [0, 0.05) is 5.69 Å². The fraction of sp³-hybridized carbons (Fsp3) is 0.176. The Labute approximate surface area is 128 Å². The number of carbonyl (C=O) groups is 2. The van der Waals surface area contributed by atoms with Gasteiger partial charge in [0.2, 0.25) is 0 Å². The quantitative estimate of drug-likeness (QED) is 0.782. The number of hydrogen-bond acceptors (Lipinski definition) is 4. The predicted octanol–water partition coefficient (Wildman–Crippen LogP) is 1.60. The zero-order valence-electron chi connectivity index (χ0n) is 12.1. The molecule has 0 saturated heterocycles. The van der Waals surface area contributed by atoms with Crippen LogP contribution >= 0.6 is 0 Å². The van der Waals surface area contributed by atoms with Crippen LogP contribution in [0.3, 0.4) is 0 Å². The summed E-state index contributed by atoms with van der Waals surface area (Å²) >= 11 is 0. The Morgan fingerprint density at radius 2 is 1.41 bits per heavy atom. The summed E-state index contributed by atoms with van der Waals surface area (Å²) in [6.45, 7) is 1.11. The van der Waals surface area contributed by atoms with Gasteiger partial charge in [-0.1, -0.05) is 42.5 Å². The molecule has 0 aliphatic heterocycles. The smallest absolute Gasteiger partial charge is 0.256 e. The Kier molecular flexibility index (Phi) is 5.04. The third-order valence-electron chi connectivity index (χ3n) is 3.24. The van der Waals surface area contributed by atoms with E-state index in [9.17, 15) is 19.8 Å². The molecule has 114 valence electrons. The second-order valence-electron chi connectivity index (χ2n) is 4.93. The molecule has 2 atom stereocenters. The molecule has 2 rings (SSSR count). The minimum Gasteiger partial charge on any atom is -0.382 e. The summed E-state index contributed by atoms with van der Waals surface area (Å²) in [5.74, 6) is -1.49. The maximum absolute atomic E-state index is 11.7. The van der Waals surface area contributed by atoms with E-state index < -0.39 is 23.9 Å². The monoisotopic (exact) mass is 299 g/mol. The Balaban J connectivity index is 2.05. The number of amides is 1. The van der Waals surface area contributed by atoms with E-state index >= 15 is 0 Å². The first-order valence-electron chi connectivity index (χ1n) is 6.82. The van der Waals surface area contributed by atoms with E-state index in [1.54, 1.807) is 12.1 Å². The van der Waals surface area contributed by atoms with Crippen LogP contribution in [0.25, 0.3) is 11.1 Å². The number of aliphatic hydroxyl groups is 2. The highest BCUT2D eigenvalue weighted by molar-refractivity contribution is 5.98. The molecule has 5 heteroatoms. The molecule has 0 radical (unpaired) electrons. The topological polar surface area (TPSA) is 86.6 Å². The van der Waals surface area contributed by atoms with Gasteiger partial charge in [0.1, 0.15) is 6.10 Å². The molecule has 2 aromatic carbocycles. The number of benzene rings is 2. The molecule has 0 saturated carbocycles. The highest BCUT2D eigenvalue weighted by Gasteiger charge is 2.27. The van der Waals surface area contributed by atoms with Crippen LogP contribution in [-0.2, 0) is 9.59 Å². The summed E-state index contributed by atoms with van der Waals surface area (Å²) in [4.78, 5) is 22.7. The number of hydrogen-bond donors (Lipinski definition) is 3. The molecule has 0 bridgehead atoms. The largest absolute Gasteiger partial charge is 0.382 e. The van der Waals surface area contributed by atoms with Crippen molar-refractivity contribution < 1.29 is 19.8 Å². The number of Topliss-reactive ketones (excluding diaryl/α,β-unsaturated/α-hetero) is 1. The number of anilines is 1. The molecule has 0 heterocycles. The second kappa shape index (κ2) is 6.98. The van der Waals surface area contributed by atoms with Crippen molar-refractivity contribution in [2.75, 3.05) is 5.32 Å². The minimum absolute atomic E-state index is 0.472. The molecular formula is C17H17NO4. The van der Waals surface area contributed by atoms with E-state index in [0.717, 1.165) is 18.1 Å². The maximum atomic E-state index is 11.7. The summed E-state index contributed by atoms with van der Waals surface area (Å²) in [5, 5.41) is 21.4. The third-order valence-corrected chi connectivity index (χ3v) is 3.24. The van der Waals surface area contributed by atoms with Crippen LogP contribution < -0.4 is 5.32 Å². The summed E-state index contributed by atoms with van der Waals surface area (Å²) in [7, 11) is 0. The van der Waals surface area contributed by atoms with Crippen molar-refractivity contribution in [1.82, 2.24) is 0 Å². The molecule has 0 aromatic heterocycles. The zero-order chi connectivity index (χ0) is 16.1. The number of aliphatic hydroxyl groups excluding tert-OH is 2. The van der Waals surface area contributed by atoms with Crippen LogP contribution in [0.5, 0.6) is 0 Å². The summed E-state index contributed by atoms with van der Waals surface area (Å²) in [5.41, 5.74) is 2.51. The highest BCUT2D eigenvalue weighted by Crippen LogP contribution is 2.21. The van der Waals surface area contributed by atoms with Gasteiger partial charge in [0.05, 0.1) is 0 Å². The number of carbonyl (C=O) groups excluding carboxylic acids is 2. The lowest BCUT2D eigenvalue weighted by Gasteiger charge is -2.15. The van der Waals surface area contributed by atoms with Crippen molar-refractivity contribution in [2.45, 2.75) is 19.1 Å². The van der Waals surface area contributed by atoms with E-state index in [2.05, 4.69) is 5.32 Å². The van der Waals surface area contributed by atoms with Crippen LogP contribution in [0.2, 0.25) is 0 Å². The lowest BCUT2D eigenvalue weighted by Crippen LogP contribution is -2.41. The molecule has 0 aliphatic carbocycles. The van der Waals surface area contributed by atoms with Gasteiger partial charge >= 0.3 is 0 Å². The van der Waals surface area contributed by atoms with Crippen molar-refractivity contribution in [2.24, 2.45) is 0 Å². The molecular weight excluding hydrogens is 282 g/mol. The van der Waals surface area contributed by atoms with E-state index in [-0.39, 0.29) is 0 Å². The average Bonchev–Trinajstić information content (AvgIpc) is 2.54. The highest BCUT2D eigenvalue weighted by atomic mass is 16.3. The molecule has 0 spiro atoms. The van der Waals surface area contributed by atoms with Crippen LogP contribution in [-0.4, -0.2) is 34.1 Å². The summed E-state index contributed by atoms with van der Waals surface area (Å²) in [6.07, 6.45) is -3.50. The van der Waals surface area contributed by atoms with Crippen LogP contribution in [0.4, 0.5) is 5.69 Å². The van der Waals surface area contributed by atoms with Gasteiger partial charge in [-0.25, -0.2) is 0 Å². The van der Waals surface area contributed by atoms with E-state index in [4.69, 9.17) is 0 Å². The third kappa shape index (κ3) is 3.78. The summed E-state index contributed by atoms with van der Waals surface area (Å²) < 4.78 is 0. The number of ketones is 1. The standard InChI is InChI=1S/C17H17NO4/c1-11(19)15(20)16(21)17(22)18-14-9-7-13(8-10-14)12-5-3-2-4-6-12/h2-10,15-16,20-21H,1H3,(H,18,22). The fourth-order valence-electron chi connectivity index (χ4n) is 1.96. The SMILES string of the molecule is CC(=O)C(O)C(O)C(=O)Nc1ccc(-c2ccccc2)cc1. The lowest BCUT2D eigenvalue weighted by molar-refractivity contribution is -0.140. The van der Waals surface area contributed by atoms with Crippen molar-refractivity contribution in [1.29, 1.82) is 0 Å². The van der Waals surface area contributed by atoms with Gasteiger partial charge in [-0.05, 0) is 30.2 Å². The molecule has 22 heavy (non-hydrogen) atoms. The zero-order valence-corrected chi connectivity index (χ0v) is 12.1. The van der Waals surface area contributed by atoms with Crippen molar-refractivity contribution in [3.05, 3.63) is 54.6 Å². The van der Waals surface area contributed by atoms with Crippen LogP contribution in [0, 0.1) is 0 Å². The van der Waals surface area contributed by atoms with E-state index in [0.29, 0.717) is 5.69 Å². The maximum Gasteiger partial charge on any atom is 0.256 e. The first kappa shape index (κ1) is 15.9. The first-order valence-corrected chi connectivity index (χ1v) is 6.82. The number of nitrogens with one attached hydrogen (secondary N) is 1. The molecule has 1 amide bonds. The van der Waals surface area contributed by atoms with Gasteiger partial charge in [-0.3, -0.25) is 9.59 Å². The Bertz CT molecular complexity index is 652. The minimum atomic E-state index is -1.79. The molecule has 0 aliphatic rings.